The Morgan fingerprint density at radius 3 is 2.39 bits per heavy atom. The van der Waals surface area contributed by atoms with Crippen LogP contribution in [0, 0.1) is 0 Å². The van der Waals surface area contributed by atoms with Gasteiger partial charge >= 0.3 is 0 Å². The third kappa shape index (κ3) is 5.84. The van der Waals surface area contributed by atoms with E-state index in [1.54, 1.807) is 12.1 Å². The average molecular weight is 466 g/mol. The second kappa shape index (κ2) is 10.6. The Morgan fingerprint density at radius 1 is 1.10 bits per heavy atom. The number of methoxy groups -OCH3 is 2. The van der Waals surface area contributed by atoms with Crippen LogP contribution in [0.2, 0.25) is 4.34 Å². The van der Waals surface area contributed by atoms with Gasteiger partial charge in [-0.2, -0.15) is 0 Å². The second-order valence-corrected chi connectivity index (χ2v) is 9.46. The Hall–Kier alpha value is -1.97. The Kier molecular flexibility index (Phi) is 8.07. The number of benzene rings is 1. The lowest BCUT2D eigenvalue weighted by Crippen LogP contribution is -2.62. The van der Waals surface area contributed by atoms with E-state index in [9.17, 15) is 9.59 Å². The van der Waals surface area contributed by atoms with Gasteiger partial charge in [-0.25, -0.2) is 0 Å². The Labute approximate surface area is 191 Å². The van der Waals surface area contributed by atoms with Gasteiger partial charge in [0.15, 0.2) is 5.54 Å². The van der Waals surface area contributed by atoms with Crippen LogP contribution in [0.3, 0.4) is 0 Å². The molecule has 9 heteroatoms. The lowest BCUT2D eigenvalue weighted by molar-refractivity contribution is -0.126. The number of halogens is 1. The van der Waals surface area contributed by atoms with E-state index in [4.69, 9.17) is 21.1 Å². The molecular weight excluding hydrogens is 438 g/mol. The maximum atomic E-state index is 13.4. The average Bonchev–Trinajstić information content (AvgIpc) is 3.09. The van der Waals surface area contributed by atoms with Crippen LogP contribution in [0.5, 0.6) is 0 Å². The van der Waals surface area contributed by atoms with Crippen LogP contribution in [-0.2, 0) is 27.1 Å². The molecule has 2 amide bonds. The highest BCUT2D eigenvalue weighted by atomic mass is 35.5. The quantitative estimate of drug-likeness (QED) is 0.626. The molecule has 0 saturated carbocycles. The molecule has 0 spiro atoms. The molecule has 7 nitrogen and oxygen atoms in total. The van der Waals surface area contributed by atoms with Crippen molar-refractivity contribution >= 4 is 40.4 Å². The normalized spacial score (nSPS) is 14.6. The number of carbonyl (C=O) groups is 2. The van der Waals surface area contributed by atoms with Crippen LogP contribution < -0.4 is 10.6 Å². The van der Waals surface area contributed by atoms with Crippen molar-refractivity contribution < 1.29 is 19.1 Å². The molecule has 1 aromatic heterocycles. The first-order valence-corrected chi connectivity index (χ1v) is 11.2. The number of likely N-dealkylation sites (N-methyl/N-ethyl adjacent to an activating group) is 1. The highest BCUT2D eigenvalue weighted by molar-refractivity contribution is 7.18. The third-order valence-corrected chi connectivity index (χ3v) is 6.59. The van der Waals surface area contributed by atoms with Crippen molar-refractivity contribution in [3.63, 3.8) is 0 Å². The number of amides is 2. The van der Waals surface area contributed by atoms with Crippen molar-refractivity contribution in [2.75, 3.05) is 52.9 Å². The largest absolute Gasteiger partial charge is 0.382 e. The molecule has 1 aromatic carbocycles. The van der Waals surface area contributed by atoms with Crippen LogP contribution in [-0.4, -0.2) is 69.8 Å². The molecular formula is C22H28ClN3O4S. The van der Waals surface area contributed by atoms with Crippen molar-refractivity contribution in [3.05, 3.63) is 50.7 Å². The highest BCUT2D eigenvalue weighted by Crippen LogP contribution is 2.24. The maximum absolute atomic E-state index is 13.4. The van der Waals surface area contributed by atoms with Gasteiger partial charge in [-0.3, -0.25) is 9.59 Å². The summed E-state index contributed by atoms with van der Waals surface area (Å²) in [6.45, 7) is 1.89. The van der Waals surface area contributed by atoms with Gasteiger partial charge in [0.25, 0.3) is 11.8 Å². The lowest BCUT2D eigenvalue weighted by Gasteiger charge is -2.32. The fraction of sp³-hybridized carbons (Fsp3) is 0.455. The van der Waals surface area contributed by atoms with E-state index in [0.29, 0.717) is 14.9 Å². The first-order valence-electron chi connectivity index (χ1n) is 10.0. The van der Waals surface area contributed by atoms with Crippen molar-refractivity contribution in [2.24, 2.45) is 0 Å². The molecule has 0 saturated heterocycles. The summed E-state index contributed by atoms with van der Waals surface area (Å²) in [5, 5.41) is 5.75. The van der Waals surface area contributed by atoms with E-state index in [1.807, 2.05) is 12.1 Å². The standard InChI is InChI=1S/C22H28ClN3O4S/c1-26-10-8-15-4-5-17(12-16(15)9-11-26)24-21(28)22(13-29-2,14-30-3)25-20(27)18-6-7-19(23)31-18/h4-7,12H,8-11,13-14H2,1-3H3,(H,24,28)(H,25,27). The van der Waals surface area contributed by atoms with Gasteiger partial charge < -0.3 is 25.0 Å². The first kappa shape index (κ1) is 23.7. The van der Waals surface area contributed by atoms with Crippen molar-refractivity contribution in [1.82, 2.24) is 10.2 Å². The molecule has 3 rings (SSSR count). The van der Waals surface area contributed by atoms with Crippen LogP contribution in [0.15, 0.2) is 30.3 Å². The van der Waals surface area contributed by atoms with E-state index >= 15 is 0 Å². The second-order valence-electron chi connectivity index (χ2n) is 7.75. The SMILES string of the molecule is COCC(COC)(NC(=O)c1ccc(Cl)s1)C(=O)Nc1ccc2c(c1)CCN(C)CC2. The summed E-state index contributed by atoms with van der Waals surface area (Å²) in [5.41, 5.74) is 1.80. The van der Waals surface area contributed by atoms with E-state index in [0.717, 1.165) is 37.3 Å². The summed E-state index contributed by atoms with van der Waals surface area (Å²) in [4.78, 5) is 28.8. The minimum absolute atomic E-state index is 0.0484. The van der Waals surface area contributed by atoms with E-state index in [-0.39, 0.29) is 13.2 Å². The number of nitrogens with zero attached hydrogens (tertiary/aromatic N) is 1. The number of hydrogen-bond donors (Lipinski definition) is 2. The summed E-state index contributed by atoms with van der Waals surface area (Å²) in [5.74, 6) is -0.816. The Morgan fingerprint density at radius 2 is 1.77 bits per heavy atom. The topological polar surface area (TPSA) is 79.9 Å². The number of fused-ring (bicyclic) bond motifs is 1. The predicted octanol–water partition coefficient (Wildman–Crippen LogP) is 2.83. The Bertz CT molecular complexity index is 927. The number of nitrogens with one attached hydrogen (secondary N) is 2. The summed E-state index contributed by atoms with van der Waals surface area (Å²) >= 11 is 7.10. The van der Waals surface area contributed by atoms with Gasteiger partial charge in [-0.05, 0) is 55.3 Å². The zero-order chi connectivity index (χ0) is 22.4. The zero-order valence-corrected chi connectivity index (χ0v) is 19.6. The number of rotatable bonds is 8. The Balaban J connectivity index is 1.82. The molecule has 168 valence electrons. The molecule has 31 heavy (non-hydrogen) atoms. The minimum atomic E-state index is -1.40. The molecule has 0 radical (unpaired) electrons. The molecule has 1 aliphatic heterocycles. The van der Waals surface area contributed by atoms with Crippen LogP contribution in [0.25, 0.3) is 0 Å². The van der Waals surface area contributed by atoms with Crippen LogP contribution >= 0.6 is 22.9 Å². The van der Waals surface area contributed by atoms with Crippen LogP contribution in [0.4, 0.5) is 5.69 Å². The number of carbonyl (C=O) groups excluding carboxylic acids is 2. The molecule has 2 N–H and O–H groups in total. The lowest BCUT2D eigenvalue weighted by atomic mass is 9.98. The van der Waals surface area contributed by atoms with Gasteiger partial charge in [0.2, 0.25) is 0 Å². The number of anilines is 1. The van der Waals surface area contributed by atoms with Gasteiger partial charge in [-0.15, -0.1) is 11.3 Å². The molecule has 0 unspecified atom stereocenters. The van der Waals surface area contributed by atoms with E-state index in [2.05, 4.69) is 28.6 Å². The van der Waals surface area contributed by atoms with Crippen LogP contribution in [0.1, 0.15) is 20.8 Å². The summed E-state index contributed by atoms with van der Waals surface area (Å²) in [7, 11) is 5.07. The number of thiophene rings is 1. The summed E-state index contributed by atoms with van der Waals surface area (Å²) in [6.07, 6.45) is 1.91. The van der Waals surface area contributed by atoms with Crippen molar-refractivity contribution in [2.45, 2.75) is 18.4 Å². The molecule has 1 aliphatic rings. The van der Waals surface area contributed by atoms with Gasteiger partial charge in [0.1, 0.15) is 0 Å². The van der Waals surface area contributed by atoms with Gasteiger partial charge in [-0.1, -0.05) is 17.7 Å². The zero-order valence-electron chi connectivity index (χ0n) is 18.0. The molecule has 2 heterocycles. The van der Waals surface area contributed by atoms with E-state index < -0.39 is 17.4 Å². The van der Waals surface area contributed by atoms with Crippen molar-refractivity contribution in [1.29, 1.82) is 0 Å². The third-order valence-electron chi connectivity index (χ3n) is 5.36. The fourth-order valence-electron chi connectivity index (χ4n) is 3.68. The monoisotopic (exact) mass is 465 g/mol. The van der Waals surface area contributed by atoms with Gasteiger partial charge in [0.05, 0.1) is 22.4 Å². The molecule has 0 bridgehead atoms. The van der Waals surface area contributed by atoms with Crippen molar-refractivity contribution in [3.8, 4) is 0 Å². The predicted molar refractivity (Wildman–Crippen MR) is 123 cm³/mol. The summed E-state index contributed by atoms with van der Waals surface area (Å²) in [6, 6.07) is 9.23. The molecule has 0 aliphatic carbocycles. The highest BCUT2D eigenvalue weighted by Gasteiger charge is 2.41. The first-order chi connectivity index (χ1) is 14.9. The van der Waals surface area contributed by atoms with Gasteiger partial charge in [0, 0.05) is 33.0 Å². The summed E-state index contributed by atoms with van der Waals surface area (Å²) < 4.78 is 11.1. The molecule has 2 aromatic rings. The van der Waals surface area contributed by atoms with E-state index in [1.165, 1.54) is 25.3 Å². The molecule has 0 atom stereocenters. The smallest absolute Gasteiger partial charge is 0.262 e. The number of hydrogen-bond acceptors (Lipinski definition) is 6. The fourth-order valence-corrected chi connectivity index (χ4v) is 4.61. The molecule has 0 fully saturated rings. The number of ether oxygens (including phenoxy) is 2. The minimum Gasteiger partial charge on any atom is -0.382 e. The maximum Gasteiger partial charge on any atom is 0.262 e.